The number of nitrogens with zero attached hydrogens (tertiary/aromatic N) is 1. The highest BCUT2D eigenvalue weighted by molar-refractivity contribution is 6.07. The van der Waals surface area contributed by atoms with Crippen LogP contribution in [0, 0.1) is 6.92 Å². The van der Waals surface area contributed by atoms with E-state index in [9.17, 15) is 14.4 Å². The summed E-state index contributed by atoms with van der Waals surface area (Å²) in [7, 11) is 1.58. The van der Waals surface area contributed by atoms with Gasteiger partial charge in [0.05, 0.1) is 19.2 Å². The second-order valence-corrected chi connectivity index (χ2v) is 6.77. The van der Waals surface area contributed by atoms with E-state index in [0.29, 0.717) is 23.3 Å². The molecule has 1 atom stereocenters. The van der Waals surface area contributed by atoms with Gasteiger partial charge in [0.25, 0.3) is 5.91 Å². The van der Waals surface area contributed by atoms with Gasteiger partial charge in [-0.15, -0.1) is 0 Å². The highest BCUT2D eigenvalue weighted by Gasteiger charge is 2.51. The van der Waals surface area contributed by atoms with Crippen molar-refractivity contribution in [3.05, 3.63) is 64.7 Å². The van der Waals surface area contributed by atoms with Gasteiger partial charge >= 0.3 is 12.0 Å². The monoisotopic (exact) mass is 382 g/mol. The first-order valence-electron chi connectivity index (χ1n) is 8.94. The molecule has 3 rings (SSSR count). The number of hydrogen-bond donors (Lipinski definition) is 2. The van der Waals surface area contributed by atoms with E-state index in [1.54, 1.807) is 31.4 Å². The molecule has 1 saturated heterocycles. The van der Waals surface area contributed by atoms with Gasteiger partial charge in [-0.05, 0) is 54.3 Å². The zero-order valence-corrected chi connectivity index (χ0v) is 16.0. The number of carbonyl (C=O) groups is 3. The minimum absolute atomic E-state index is 0.00265. The molecule has 1 aliphatic rings. The third-order valence-electron chi connectivity index (χ3n) is 5.11. The van der Waals surface area contributed by atoms with Crippen LogP contribution in [0.1, 0.15) is 40.4 Å². The van der Waals surface area contributed by atoms with E-state index in [1.807, 2.05) is 19.9 Å². The largest absolute Gasteiger partial charge is 0.496 e. The number of nitrogens with one attached hydrogen (secondary N) is 1. The van der Waals surface area contributed by atoms with Crippen LogP contribution in [0.25, 0.3) is 0 Å². The van der Waals surface area contributed by atoms with Crippen LogP contribution >= 0.6 is 0 Å². The normalized spacial score (nSPS) is 18.9. The number of aryl methyl sites for hydroxylation is 1. The number of rotatable bonds is 6. The number of imide groups is 1. The smallest absolute Gasteiger partial charge is 0.335 e. The van der Waals surface area contributed by atoms with E-state index in [-0.39, 0.29) is 18.0 Å². The lowest BCUT2D eigenvalue weighted by Crippen LogP contribution is -2.43. The number of carboxylic acid groups (broad SMARTS) is 1. The standard InChI is InChI=1S/C21H22N2O5/c1-4-21(16-8-9-17(28-3)13(2)10-16)19(26)23(20(27)22-21)12-14-6-5-7-15(11-14)18(24)25/h5-11H,4,12H2,1-3H3,(H,22,27)(H,24,25). The van der Waals surface area contributed by atoms with E-state index in [1.165, 1.54) is 12.1 Å². The Morgan fingerprint density at radius 2 is 1.96 bits per heavy atom. The fraction of sp³-hybridized carbons (Fsp3) is 0.286. The van der Waals surface area contributed by atoms with E-state index >= 15 is 0 Å². The number of methoxy groups -OCH3 is 1. The molecule has 28 heavy (non-hydrogen) atoms. The van der Waals surface area contributed by atoms with E-state index in [2.05, 4.69) is 5.32 Å². The highest BCUT2D eigenvalue weighted by atomic mass is 16.5. The van der Waals surface area contributed by atoms with Crippen LogP contribution in [-0.2, 0) is 16.9 Å². The molecule has 0 aromatic heterocycles. The van der Waals surface area contributed by atoms with Crippen molar-refractivity contribution in [2.75, 3.05) is 7.11 Å². The molecule has 0 aliphatic carbocycles. The van der Waals surface area contributed by atoms with Gasteiger partial charge in [0.1, 0.15) is 11.3 Å². The molecule has 0 bridgehead atoms. The zero-order chi connectivity index (χ0) is 20.5. The molecule has 2 aromatic rings. The molecular weight excluding hydrogens is 360 g/mol. The van der Waals surface area contributed by atoms with Crippen LogP contribution in [0.4, 0.5) is 4.79 Å². The summed E-state index contributed by atoms with van der Waals surface area (Å²) in [5, 5.41) is 12.0. The summed E-state index contributed by atoms with van der Waals surface area (Å²) in [5.74, 6) is -0.713. The molecule has 1 unspecified atom stereocenters. The second-order valence-electron chi connectivity index (χ2n) is 6.77. The third kappa shape index (κ3) is 3.19. The Hall–Kier alpha value is -3.35. The summed E-state index contributed by atoms with van der Waals surface area (Å²) in [6.45, 7) is 3.72. The Morgan fingerprint density at radius 1 is 1.21 bits per heavy atom. The maximum atomic E-state index is 13.3. The molecule has 1 aliphatic heterocycles. The lowest BCUT2D eigenvalue weighted by molar-refractivity contribution is -0.132. The van der Waals surface area contributed by atoms with Gasteiger partial charge in [-0.3, -0.25) is 9.69 Å². The minimum atomic E-state index is -1.15. The number of amides is 3. The summed E-state index contributed by atoms with van der Waals surface area (Å²) >= 11 is 0. The minimum Gasteiger partial charge on any atom is -0.496 e. The highest BCUT2D eigenvalue weighted by Crippen LogP contribution is 2.35. The van der Waals surface area contributed by atoms with Gasteiger partial charge in [-0.2, -0.15) is 0 Å². The number of carboxylic acids is 1. The van der Waals surface area contributed by atoms with Crippen molar-refractivity contribution in [1.29, 1.82) is 0 Å². The molecule has 7 heteroatoms. The lowest BCUT2D eigenvalue weighted by atomic mass is 9.86. The van der Waals surface area contributed by atoms with Gasteiger partial charge in [0.15, 0.2) is 0 Å². The molecule has 3 amide bonds. The Balaban J connectivity index is 1.94. The SMILES string of the molecule is CCC1(c2ccc(OC)c(C)c2)NC(=O)N(Cc2cccc(C(=O)O)c2)C1=O. The third-order valence-corrected chi connectivity index (χ3v) is 5.11. The van der Waals surface area contributed by atoms with Crippen molar-refractivity contribution in [2.45, 2.75) is 32.4 Å². The van der Waals surface area contributed by atoms with Gasteiger partial charge in [-0.25, -0.2) is 9.59 Å². The van der Waals surface area contributed by atoms with Crippen LogP contribution in [0.2, 0.25) is 0 Å². The number of benzene rings is 2. The molecule has 0 spiro atoms. The Labute approximate surface area is 162 Å². The summed E-state index contributed by atoms with van der Waals surface area (Å²) in [4.78, 5) is 38.2. The molecular formula is C21H22N2O5. The molecule has 2 aromatic carbocycles. The summed E-state index contributed by atoms with van der Waals surface area (Å²) < 4.78 is 5.28. The predicted octanol–water partition coefficient (Wildman–Crippen LogP) is 3.06. The van der Waals surface area contributed by atoms with E-state index in [0.717, 1.165) is 10.5 Å². The molecule has 0 saturated carbocycles. The number of ether oxygens (including phenoxy) is 1. The lowest BCUT2D eigenvalue weighted by Gasteiger charge is -2.26. The van der Waals surface area contributed by atoms with Crippen molar-refractivity contribution in [1.82, 2.24) is 10.2 Å². The average molecular weight is 382 g/mol. The summed E-state index contributed by atoms with van der Waals surface area (Å²) in [6, 6.07) is 11.1. The van der Waals surface area contributed by atoms with Gasteiger partial charge in [0, 0.05) is 0 Å². The van der Waals surface area contributed by atoms with E-state index < -0.39 is 17.5 Å². The molecule has 7 nitrogen and oxygen atoms in total. The quantitative estimate of drug-likeness (QED) is 0.749. The fourth-order valence-electron chi connectivity index (χ4n) is 3.54. The van der Waals surface area contributed by atoms with E-state index in [4.69, 9.17) is 9.84 Å². The predicted molar refractivity (Wildman–Crippen MR) is 102 cm³/mol. The van der Waals surface area contributed by atoms with Crippen LogP contribution in [0.5, 0.6) is 5.75 Å². The Kier molecular flexibility index (Phi) is 5.09. The van der Waals surface area contributed by atoms with Crippen LogP contribution in [0.3, 0.4) is 0 Å². The number of carbonyl (C=O) groups excluding carboxylic acids is 2. The first-order chi connectivity index (χ1) is 13.3. The van der Waals surface area contributed by atoms with Crippen LogP contribution in [-0.4, -0.2) is 35.0 Å². The van der Waals surface area contributed by atoms with Gasteiger partial charge in [0.2, 0.25) is 0 Å². The fourth-order valence-corrected chi connectivity index (χ4v) is 3.54. The van der Waals surface area contributed by atoms with Crippen molar-refractivity contribution < 1.29 is 24.2 Å². The average Bonchev–Trinajstić information content (AvgIpc) is 2.93. The van der Waals surface area contributed by atoms with Crippen LogP contribution < -0.4 is 10.1 Å². The van der Waals surface area contributed by atoms with Crippen molar-refractivity contribution in [3.8, 4) is 5.75 Å². The van der Waals surface area contributed by atoms with Crippen molar-refractivity contribution >= 4 is 17.9 Å². The summed E-state index contributed by atoms with van der Waals surface area (Å²) in [5.41, 5.74) is 1.08. The Morgan fingerprint density at radius 3 is 2.57 bits per heavy atom. The van der Waals surface area contributed by atoms with Crippen molar-refractivity contribution in [3.63, 3.8) is 0 Å². The molecule has 146 valence electrons. The van der Waals surface area contributed by atoms with Crippen molar-refractivity contribution in [2.24, 2.45) is 0 Å². The van der Waals surface area contributed by atoms with Gasteiger partial charge < -0.3 is 15.2 Å². The number of urea groups is 1. The topological polar surface area (TPSA) is 95.9 Å². The van der Waals surface area contributed by atoms with Gasteiger partial charge in [-0.1, -0.05) is 25.1 Å². The number of hydrogen-bond acceptors (Lipinski definition) is 4. The summed E-state index contributed by atoms with van der Waals surface area (Å²) in [6.07, 6.45) is 0.384. The molecule has 2 N–H and O–H groups in total. The Bertz CT molecular complexity index is 956. The molecule has 1 heterocycles. The molecule has 0 radical (unpaired) electrons. The maximum Gasteiger partial charge on any atom is 0.335 e. The van der Waals surface area contributed by atoms with Crippen LogP contribution in [0.15, 0.2) is 42.5 Å². The molecule has 1 fully saturated rings. The zero-order valence-electron chi connectivity index (χ0n) is 16.0. The number of aromatic carboxylic acids is 1. The first kappa shape index (κ1) is 19.4. The second kappa shape index (κ2) is 7.34. The maximum absolute atomic E-state index is 13.3. The first-order valence-corrected chi connectivity index (χ1v) is 8.94.